The van der Waals surface area contributed by atoms with Crippen LogP contribution < -0.4 is 0 Å². The van der Waals surface area contributed by atoms with Crippen molar-refractivity contribution in [2.75, 3.05) is 13.1 Å². The molecule has 3 heterocycles. The molecule has 2 aromatic rings. The van der Waals surface area contributed by atoms with Gasteiger partial charge in [-0.3, -0.25) is 19.3 Å². The summed E-state index contributed by atoms with van der Waals surface area (Å²) in [6.07, 6.45) is 0. The van der Waals surface area contributed by atoms with Crippen LogP contribution in [0.15, 0.2) is 28.8 Å². The molecule has 8 heteroatoms. The van der Waals surface area contributed by atoms with Crippen LogP contribution in [0.2, 0.25) is 0 Å². The maximum Gasteiger partial charge on any atom is 0.261 e. The van der Waals surface area contributed by atoms with E-state index < -0.39 is 0 Å². The van der Waals surface area contributed by atoms with Crippen molar-refractivity contribution in [1.29, 1.82) is 0 Å². The smallest absolute Gasteiger partial charge is 0.261 e. The highest BCUT2D eigenvalue weighted by Gasteiger charge is 2.37. The zero-order valence-corrected chi connectivity index (χ0v) is 12.9. The fourth-order valence-corrected chi connectivity index (χ4v) is 2.91. The molecule has 0 atom stereocenters. The number of hydrogen-bond donors (Lipinski definition) is 0. The number of benzene rings is 1. The number of hydrogen-bond acceptors (Lipinski definition) is 6. The van der Waals surface area contributed by atoms with E-state index in [2.05, 4.69) is 10.1 Å². The van der Waals surface area contributed by atoms with E-state index in [-0.39, 0.29) is 36.0 Å². The van der Waals surface area contributed by atoms with Crippen molar-refractivity contribution in [2.45, 2.75) is 19.4 Å². The fourth-order valence-electron chi connectivity index (χ4n) is 2.91. The Balaban J connectivity index is 1.47. The van der Waals surface area contributed by atoms with Crippen LogP contribution in [0, 0.1) is 0 Å². The Bertz CT molecular complexity index is 818. The molecule has 1 aromatic carbocycles. The highest BCUT2D eigenvalue weighted by atomic mass is 16.5. The number of likely N-dealkylation sites (tertiary alicyclic amines) is 1. The van der Waals surface area contributed by atoms with Gasteiger partial charge >= 0.3 is 0 Å². The van der Waals surface area contributed by atoms with Gasteiger partial charge in [0, 0.05) is 20.0 Å². The van der Waals surface area contributed by atoms with E-state index in [1.165, 1.54) is 6.92 Å². The van der Waals surface area contributed by atoms with Gasteiger partial charge in [0.2, 0.25) is 11.8 Å². The van der Waals surface area contributed by atoms with E-state index in [9.17, 15) is 14.4 Å². The number of rotatable bonds is 3. The standard InChI is InChI=1S/C16H14N4O4/c1-9(21)19-6-10(7-19)14-17-13(18-24-14)8-20-15(22)11-4-2-3-5-12(11)16(20)23/h2-5,10H,6-8H2,1H3. The van der Waals surface area contributed by atoms with E-state index >= 15 is 0 Å². The van der Waals surface area contributed by atoms with Gasteiger partial charge in [-0.05, 0) is 12.1 Å². The first-order valence-corrected chi connectivity index (χ1v) is 7.58. The van der Waals surface area contributed by atoms with Crippen molar-refractivity contribution in [2.24, 2.45) is 0 Å². The molecular weight excluding hydrogens is 312 g/mol. The summed E-state index contributed by atoms with van der Waals surface area (Å²) in [6, 6.07) is 6.69. The molecule has 0 aliphatic carbocycles. The van der Waals surface area contributed by atoms with Crippen LogP contribution in [0.25, 0.3) is 0 Å². The summed E-state index contributed by atoms with van der Waals surface area (Å²) in [5.41, 5.74) is 0.782. The van der Waals surface area contributed by atoms with Crippen molar-refractivity contribution >= 4 is 17.7 Å². The molecule has 24 heavy (non-hydrogen) atoms. The summed E-state index contributed by atoms with van der Waals surface area (Å²) in [5.74, 6) is 0.0240. The van der Waals surface area contributed by atoms with Crippen molar-refractivity contribution in [1.82, 2.24) is 19.9 Å². The van der Waals surface area contributed by atoms with E-state index in [1.807, 2.05) is 0 Å². The first kappa shape index (κ1) is 14.6. The molecule has 8 nitrogen and oxygen atoms in total. The molecule has 0 N–H and O–H groups in total. The summed E-state index contributed by atoms with van der Waals surface area (Å²) in [6.45, 7) is 2.57. The lowest BCUT2D eigenvalue weighted by Gasteiger charge is -2.36. The SMILES string of the molecule is CC(=O)N1CC(c2nc(CN3C(=O)c4ccccc4C3=O)no2)C1. The predicted octanol–water partition coefficient (Wildman–Crippen LogP) is 0.812. The molecule has 1 aromatic heterocycles. The average Bonchev–Trinajstić information content (AvgIpc) is 3.06. The molecule has 1 fully saturated rings. The summed E-state index contributed by atoms with van der Waals surface area (Å²) < 4.78 is 5.21. The lowest BCUT2D eigenvalue weighted by molar-refractivity contribution is -0.133. The summed E-state index contributed by atoms with van der Waals surface area (Å²) in [4.78, 5) is 42.9. The first-order chi connectivity index (χ1) is 11.5. The number of carbonyl (C=O) groups is 3. The molecule has 2 aliphatic rings. The Morgan fingerprint density at radius 3 is 2.42 bits per heavy atom. The zero-order chi connectivity index (χ0) is 16.8. The Morgan fingerprint density at radius 1 is 1.21 bits per heavy atom. The molecule has 0 radical (unpaired) electrons. The van der Waals surface area contributed by atoms with Crippen LogP contribution >= 0.6 is 0 Å². The van der Waals surface area contributed by atoms with Gasteiger partial charge in [-0.2, -0.15) is 4.98 Å². The Morgan fingerprint density at radius 2 is 1.83 bits per heavy atom. The Labute approximate surface area is 137 Å². The van der Waals surface area contributed by atoms with Crippen molar-refractivity contribution in [3.8, 4) is 0 Å². The largest absolute Gasteiger partial charge is 0.341 e. The summed E-state index contributed by atoms with van der Waals surface area (Å²) >= 11 is 0. The monoisotopic (exact) mass is 326 g/mol. The number of fused-ring (bicyclic) bond motifs is 1. The molecule has 2 aliphatic heterocycles. The maximum atomic E-state index is 12.3. The van der Waals surface area contributed by atoms with Gasteiger partial charge in [-0.1, -0.05) is 17.3 Å². The Hall–Kier alpha value is -3.03. The summed E-state index contributed by atoms with van der Waals surface area (Å²) in [5, 5.41) is 3.85. The van der Waals surface area contributed by atoms with Crippen molar-refractivity contribution in [3.63, 3.8) is 0 Å². The van der Waals surface area contributed by atoms with Gasteiger partial charge in [0.25, 0.3) is 11.8 Å². The molecule has 122 valence electrons. The van der Waals surface area contributed by atoms with E-state index in [1.54, 1.807) is 29.2 Å². The minimum atomic E-state index is -0.353. The van der Waals surface area contributed by atoms with Crippen LogP contribution in [0.1, 0.15) is 45.3 Å². The maximum absolute atomic E-state index is 12.3. The third-order valence-electron chi connectivity index (χ3n) is 4.34. The third-order valence-corrected chi connectivity index (χ3v) is 4.34. The van der Waals surface area contributed by atoms with Gasteiger partial charge in [0.05, 0.1) is 23.6 Å². The van der Waals surface area contributed by atoms with Crippen LogP contribution in [0.4, 0.5) is 0 Å². The second-order valence-electron chi connectivity index (χ2n) is 5.91. The molecule has 3 amide bonds. The van der Waals surface area contributed by atoms with Crippen LogP contribution in [-0.4, -0.2) is 50.8 Å². The second kappa shape index (κ2) is 5.26. The first-order valence-electron chi connectivity index (χ1n) is 7.58. The van der Waals surface area contributed by atoms with E-state index in [4.69, 9.17) is 4.52 Å². The normalized spacial score (nSPS) is 17.2. The molecular formula is C16H14N4O4. The topological polar surface area (TPSA) is 96.6 Å². The van der Waals surface area contributed by atoms with Gasteiger partial charge in [-0.25, -0.2) is 0 Å². The second-order valence-corrected chi connectivity index (χ2v) is 5.91. The molecule has 0 spiro atoms. The lowest BCUT2D eigenvalue weighted by Crippen LogP contribution is -2.47. The predicted molar refractivity (Wildman–Crippen MR) is 79.9 cm³/mol. The molecule has 0 unspecified atom stereocenters. The number of imide groups is 1. The number of aromatic nitrogens is 2. The van der Waals surface area contributed by atoms with E-state index in [0.29, 0.717) is 30.1 Å². The van der Waals surface area contributed by atoms with E-state index in [0.717, 1.165) is 4.90 Å². The zero-order valence-electron chi connectivity index (χ0n) is 12.9. The third kappa shape index (κ3) is 2.18. The quantitative estimate of drug-likeness (QED) is 0.775. The molecule has 0 saturated carbocycles. The molecule has 0 bridgehead atoms. The lowest BCUT2D eigenvalue weighted by atomic mass is 10.0. The highest BCUT2D eigenvalue weighted by molar-refractivity contribution is 6.21. The van der Waals surface area contributed by atoms with Gasteiger partial charge in [0.1, 0.15) is 0 Å². The Kier molecular flexibility index (Phi) is 3.19. The van der Waals surface area contributed by atoms with Gasteiger partial charge < -0.3 is 9.42 Å². The molecule has 1 saturated heterocycles. The van der Waals surface area contributed by atoms with Gasteiger partial charge in [0.15, 0.2) is 5.82 Å². The number of nitrogens with zero attached hydrogens (tertiary/aromatic N) is 4. The fraction of sp³-hybridized carbons (Fsp3) is 0.312. The number of carbonyl (C=O) groups excluding carboxylic acids is 3. The van der Waals surface area contributed by atoms with Gasteiger partial charge in [-0.15, -0.1) is 0 Å². The van der Waals surface area contributed by atoms with Crippen molar-refractivity contribution < 1.29 is 18.9 Å². The summed E-state index contributed by atoms with van der Waals surface area (Å²) in [7, 11) is 0. The average molecular weight is 326 g/mol. The number of amides is 3. The minimum Gasteiger partial charge on any atom is -0.341 e. The molecule has 4 rings (SSSR count). The van der Waals surface area contributed by atoms with Crippen molar-refractivity contribution in [3.05, 3.63) is 47.1 Å². The minimum absolute atomic E-state index is 0.0111. The van der Waals surface area contributed by atoms with Crippen LogP contribution in [0.5, 0.6) is 0 Å². The highest BCUT2D eigenvalue weighted by Crippen LogP contribution is 2.27. The van der Waals surface area contributed by atoms with Crippen LogP contribution in [0.3, 0.4) is 0 Å². The van der Waals surface area contributed by atoms with Crippen LogP contribution in [-0.2, 0) is 11.3 Å².